The average molecular weight is 317 g/mol. The van der Waals surface area contributed by atoms with Crippen LogP contribution in [0.25, 0.3) is 0 Å². The second kappa shape index (κ2) is 6.54. The number of carbonyl (C=O) groups excluding carboxylic acids is 1. The molecule has 1 saturated carbocycles. The first kappa shape index (κ1) is 16.6. The van der Waals surface area contributed by atoms with Crippen molar-refractivity contribution in [1.82, 2.24) is 4.57 Å². The molecule has 1 aliphatic rings. The Kier molecular flexibility index (Phi) is 4.93. The van der Waals surface area contributed by atoms with Gasteiger partial charge in [-0.3, -0.25) is 4.79 Å². The van der Waals surface area contributed by atoms with E-state index in [1.165, 1.54) is 7.11 Å². The summed E-state index contributed by atoms with van der Waals surface area (Å²) in [7, 11) is 1.21. The summed E-state index contributed by atoms with van der Waals surface area (Å²) in [6, 6.07) is 0.458. The van der Waals surface area contributed by atoms with Crippen LogP contribution in [0, 0.1) is 5.92 Å². The van der Waals surface area contributed by atoms with Crippen molar-refractivity contribution in [3.05, 3.63) is 34.2 Å². The van der Waals surface area contributed by atoms with E-state index in [0.717, 1.165) is 42.5 Å². The highest BCUT2D eigenvalue weighted by Crippen LogP contribution is 2.33. The van der Waals surface area contributed by atoms with E-state index in [0.29, 0.717) is 18.4 Å². The molecular formula is C15H18F3NO3. The number of rotatable bonds is 4. The zero-order valence-corrected chi connectivity index (χ0v) is 12.2. The van der Waals surface area contributed by atoms with Crippen molar-refractivity contribution in [2.45, 2.75) is 44.3 Å². The van der Waals surface area contributed by atoms with Crippen molar-refractivity contribution in [2.75, 3.05) is 7.11 Å². The predicted octanol–water partition coefficient (Wildman–Crippen LogP) is 3.16. The molecule has 0 amide bonds. The van der Waals surface area contributed by atoms with Gasteiger partial charge in [0.05, 0.1) is 12.7 Å². The van der Waals surface area contributed by atoms with Gasteiger partial charge < -0.3 is 9.30 Å². The number of pyridine rings is 1. The van der Waals surface area contributed by atoms with Crippen LogP contribution < -0.4 is 5.56 Å². The highest BCUT2D eigenvalue weighted by atomic mass is 19.4. The molecule has 0 aliphatic heterocycles. The second-order valence-corrected chi connectivity index (χ2v) is 5.58. The highest BCUT2D eigenvalue weighted by Gasteiger charge is 2.33. The standard InChI is InChI=1S/C15H18F3NO3/c1-22-14(21)12(8-10-4-2-3-5-10)19-7-6-11(9-13(19)20)15(16,17)18/h6-7,9-10,12H,2-5,8H2,1H3. The fraction of sp³-hybridized carbons (Fsp3) is 0.600. The van der Waals surface area contributed by atoms with Crippen molar-refractivity contribution < 1.29 is 22.7 Å². The fourth-order valence-corrected chi connectivity index (χ4v) is 2.94. The van der Waals surface area contributed by atoms with Crippen LogP contribution in [0.2, 0.25) is 0 Å². The molecule has 0 aromatic carbocycles. The molecule has 0 bridgehead atoms. The third-order valence-corrected chi connectivity index (χ3v) is 4.12. The van der Waals surface area contributed by atoms with Crippen LogP contribution in [-0.4, -0.2) is 17.6 Å². The molecule has 1 aromatic rings. The van der Waals surface area contributed by atoms with Gasteiger partial charge in [0.1, 0.15) is 6.04 Å². The van der Waals surface area contributed by atoms with Crippen molar-refractivity contribution in [1.29, 1.82) is 0 Å². The van der Waals surface area contributed by atoms with Crippen LogP contribution in [-0.2, 0) is 15.7 Å². The molecule has 1 fully saturated rings. The molecule has 0 radical (unpaired) electrons. The van der Waals surface area contributed by atoms with Gasteiger partial charge in [-0.1, -0.05) is 25.7 Å². The van der Waals surface area contributed by atoms with E-state index in [1.807, 2.05) is 0 Å². The van der Waals surface area contributed by atoms with Gasteiger partial charge in [-0.25, -0.2) is 4.79 Å². The zero-order valence-electron chi connectivity index (χ0n) is 12.2. The molecule has 2 rings (SSSR count). The maximum Gasteiger partial charge on any atom is 0.416 e. The first-order valence-electron chi connectivity index (χ1n) is 7.20. The van der Waals surface area contributed by atoms with Gasteiger partial charge in [0.25, 0.3) is 5.56 Å². The number of methoxy groups -OCH3 is 1. The Balaban J connectivity index is 2.30. The van der Waals surface area contributed by atoms with Crippen molar-refractivity contribution in [3.63, 3.8) is 0 Å². The van der Waals surface area contributed by atoms with E-state index < -0.39 is 29.3 Å². The van der Waals surface area contributed by atoms with Gasteiger partial charge in [0, 0.05) is 12.3 Å². The number of aromatic nitrogens is 1. The van der Waals surface area contributed by atoms with Gasteiger partial charge in [-0.2, -0.15) is 13.2 Å². The maximum absolute atomic E-state index is 12.6. The Hall–Kier alpha value is -1.79. The molecule has 0 N–H and O–H groups in total. The van der Waals surface area contributed by atoms with E-state index in [4.69, 9.17) is 4.74 Å². The number of carbonyl (C=O) groups is 1. The Morgan fingerprint density at radius 2 is 2.05 bits per heavy atom. The minimum atomic E-state index is -4.58. The summed E-state index contributed by atoms with van der Waals surface area (Å²) in [5.74, 6) is -0.313. The molecule has 1 aliphatic carbocycles. The Morgan fingerprint density at radius 1 is 1.41 bits per heavy atom. The van der Waals surface area contributed by atoms with Crippen LogP contribution in [0.4, 0.5) is 13.2 Å². The first-order chi connectivity index (χ1) is 10.3. The fourth-order valence-electron chi connectivity index (χ4n) is 2.94. The Morgan fingerprint density at radius 3 is 2.55 bits per heavy atom. The van der Waals surface area contributed by atoms with Crippen molar-refractivity contribution in [2.24, 2.45) is 5.92 Å². The summed E-state index contributed by atoms with van der Waals surface area (Å²) >= 11 is 0. The van der Waals surface area contributed by atoms with Crippen LogP contribution in [0.5, 0.6) is 0 Å². The molecule has 4 nitrogen and oxygen atoms in total. The largest absolute Gasteiger partial charge is 0.467 e. The lowest BCUT2D eigenvalue weighted by Crippen LogP contribution is -2.32. The lowest BCUT2D eigenvalue weighted by molar-refractivity contribution is -0.145. The topological polar surface area (TPSA) is 48.3 Å². The molecule has 22 heavy (non-hydrogen) atoms. The number of halogens is 3. The maximum atomic E-state index is 12.6. The van der Waals surface area contributed by atoms with E-state index in [1.54, 1.807) is 0 Å². The number of nitrogens with zero attached hydrogens (tertiary/aromatic N) is 1. The normalized spacial score (nSPS) is 17.5. The predicted molar refractivity (Wildman–Crippen MR) is 73.3 cm³/mol. The monoisotopic (exact) mass is 317 g/mol. The Bertz CT molecular complexity index is 588. The summed E-state index contributed by atoms with van der Waals surface area (Å²) in [5, 5.41) is 0. The van der Waals surface area contributed by atoms with Crippen molar-refractivity contribution >= 4 is 5.97 Å². The highest BCUT2D eigenvalue weighted by molar-refractivity contribution is 5.74. The van der Waals surface area contributed by atoms with Crippen LogP contribution in [0.15, 0.2) is 23.1 Å². The summed E-state index contributed by atoms with van der Waals surface area (Å²) < 4.78 is 43.6. The van der Waals surface area contributed by atoms with Gasteiger partial charge in [0.2, 0.25) is 0 Å². The zero-order chi connectivity index (χ0) is 16.3. The summed E-state index contributed by atoms with van der Waals surface area (Å²) in [6.45, 7) is 0. The van der Waals surface area contributed by atoms with E-state index >= 15 is 0 Å². The minimum absolute atomic E-state index is 0.290. The number of esters is 1. The minimum Gasteiger partial charge on any atom is -0.467 e. The summed E-state index contributed by atoms with van der Waals surface area (Å²) in [6.07, 6.45) is 0.927. The summed E-state index contributed by atoms with van der Waals surface area (Å²) in [4.78, 5) is 23.9. The molecule has 1 unspecified atom stereocenters. The van der Waals surface area contributed by atoms with E-state index in [9.17, 15) is 22.8 Å². The molecular weight excluding hydrogens is 299 g/mol. The molecule has 122 valence electrons. The van der Waals surface area contributed by atoms with Gasteiger partial charge in [-0.05, 0) is 18.4 Å². The van der Waals surface area contributed by atoms with Crippen molar-refractivity contribution in [3.8, 4) is 0 Å². The molecule has 7 heteroatoms. The van der Waals surface area contributed by atoms with Crippen LogP contribution in [0.1, 0.15) is 43.7 Å². The molecule has 0 saturated heterocycles. The lowest BCUT2D eigenvalue weighted by atomic mass is 9.98. The summed E-state index contributed by atoms with van der Waals surface area (Å²) in [5.41, 5.74) is -1.86. The smallest absolute Gasteiger partial charge is 0.416 e. The quantitative estimate of drug-likeness (QED) is 0.802. The van der Waals surface area contributed by atoms with Crippen LogP contribution in [0.3, 0.4) is 0 Å². The second-order valence-electron chi connectivity index (χ2n) is 5.58. The molecule has 1 heterocycles. The third kappa shape index (κ3) is 3.69. The van der Waals surface area contributed by atoms with Gasteiger partial charge >= 0.3 is 12.1 Å². The molecule has 1 atom stereocenters. The average Bonchev–Trinajstić information content (AvgIpc) is 2.96. The first-order valence-corrected chi connectivity index (χ1v) is 7.20. The molecule has 0 spiro atoms. The lowest BCUT2D eigenvalue weighted by Gasteiger charge is -2.21. The van der Waals surface area contributed by atoms with Gasteiger partial charge in [-0.15, -0.1) is 0 Å². The Labute approximate surface area is 125 Å². The van der Waals surface area contributed by atoms with Gasteiger partial charge in [0.15, 0.2) is 0 Å². The van der Waals surface area contributed by atoms with Crippen LogP contribution >= 0.6 is 0 Å². The number of hydrogen-bond acceptors (Lipinski definition) is 3. The third-order valence-electron chi connectivity index (χ3n) is 4.12. The van der Waals surface area contributed by atoms with E-state index in [-0.39, 0.29) is 0 Å². The van der Waals surface area contributed by atoms with E-state index in [2.05, 4.69) is 0 Å². The number of ether oxygens (including phenoxy) is 1. The SMILES string of the molecule is COC(=O)C(CC1CCCC1)n1ccc(C(F)(F)F)cc1=O. The number of alkyl halides is 3. The number of hydrogen-bond donors (Lipinski definition) is 0. The molecule has 1 aromatic heterocycles.